The Morgan fingerprint density at radius 1 is 1.32 bits per heavy atom. The molecular formula is C20H22FN5O2. The highest BCUT2D eigenvalue weighted by molar-refractivity contribution is 5.84. The highest BCUT2D eigenvalue weighted by Gasteiger charge is 2.28. The standard InChI is InChI=1S/C20H22FN5O2/c1-13(2)28-20(27)23-19-12-22-17-8-9-18(24-26(17)19)25-10-4-7-16(25)14-5-3-6-15(21)11-14/h3,5-6,8-9,11-13,16H,4,7,10H2,1-2H3,(H,23,27). The molecular weight excluding hydrogens is 361 g/mol. The number of anilines is 2. The molecule has 0 saturated carbocycles. The number of ether oxygens (including phenoxy) is 1. The smallest absolute Gasteiger partial charge is 0.413 e. The van der Waals surface area contributed by atoms with Crippen LogP contribution in [0.15, 0.2) is 42.6 Å². The molecule has 8 heteroatoms. The van der Waals surface area contributed by atoms with E-state index in [4.69, 9.17) is 4.74 Å². The van der Waals surface area contributed by atoms with Crippen LogP contribution in [0.3, 0.4) is 0 Å². The summed E-state index contributed by atoms with van der Waals surface area (Å²) in [6.45, 7) is 4.39. The highest BCUT2D eigenvalue weighted by atomic mass is 19.1. The van der Waals surface area contributed by atoms with Gasteiger partial charge in [-0.15, -0.1) is 5.10 Å². The first-order chi connectivity index (χ1) is 13.5. The Balaban J connectivity index is 1.63. The predicted octanol–water partition coefficient (Wildman–Crippen LogP) is 4.17. The molecule has 4 rings (SSSR count). The van der Waals surface area contributed by atoms with Crippen LogP contribution in [0, 0.1) is 5.82 Å². The van der Waals surface area contributed by atoms with Gasteiger partial charge in [-0.25, -0.2) is 14.2 Å². The van der Waals surface area contributed by atoms with Crippen molar-refractivity contribution >= 4 is 23.4 Å². The van der Waals surface area contributed by atoms with Gasteiger partial charge < -0.3 is 9.64 Å². The molecule has 28 heavy (non-hydrogen) atoms. The van der Waals surface area contributed by atoms with Crippen molar-refractivity contribution in [3.05, 3.63) is 54.0 Å². The Kier molecular flexibility index (Phi) is 4.85. The Hall–Kier alpha value is -3.16. The second-order valence-electron chi connectivity index (χ2n) is 7.09. The third kappa shape index (κ3) is 3.62. The first-order valence-corrected chi connectivity index (χ1v) is 9.36. The summed E-state index contributed by atoms with van der Waals surface area (Å²) in [5, 5.41) is 7.34. The first kappa shape index (κ1) is 18.2. The highest BCUT2D eigenvalue weighted by Crippen LogP contribution is 2.35. The van der Waals surface area contributed by atoms with Crippen molar-refractivity contribution in [2.75, 3.05) is 16.8 Å². The number of amides is 1. The number of hydrogen-bond donors (Lipinski definition) is 1. The molecule has 7 nitrogen and oxygen atoms in total. The lowest BCUT2D eigenvalue weighted by Gasteiger charge is -2.26. The maximum absolute atomic E-state index is 13.7. The zero-order valence-corrected chi connectivity index (χ0v) is 15.8. The molecule has 2 aromatic heterocycles. The monoisotopic (exact) mass is 383 g/mol. The molecule has 0 bridgehead atoms. The van der Waals surface area contributed by atoms with E-state index in [1.807, 2.05) is 18.2 Å². The Bertz CT molecular complexity index is 1000. The molecule has 1 amide bonds. The molecule has 1 unspecified atom stereocenters. The molecule has 1 aliphatic heterocycles. The molecule has 1 N–H and O–H groups in total. The third-order valence-corrected chi connectivity index (χ3v) is 4.70. The van der Waals surface area contributed by atoms with Gasteiger partial charge in [0.2, 0.25) is 0 Å². The van der Waals surface area contributed by atoms with Crippen molar-refractivity contribution in [1.29, 1.82) is 0 Å². The van der Waals surface area contributed by atoms with Crippen LogP contribution in [-0.4, -0.2) is 33.3 Å². The zero-order valence-electron chi connectivity index (χ0n) is 15.8. The van der Waals surface area contributed by atoms with E-state index in [0.29, 0.717) is 11.5 Å². The average Bonchev–Trinajstić information content (AvgIpc) is 3.28. The Labute approximate surface area is 162 Å². The fraction of sp³-hybridized carbons (Fsp3) is 0.350. The molecule has 0 aliphatic carbocycles. The summed E-state index contributed by atoms with van der Waals surface area (Å²) < 4.78 is 20.4. The van der Waals surface area contributed by atoms with E-state index in [-0.39, 0.29) is 18.0 Å². The van der Waals surface area contributed by atoms with Gasteiger partial charge in [-0.05, 0) is 56.5 Å². The predicted molar refractivity (Wildman–Crippen MR) is 104 cm³/mol. The summed E-state index contributed by atoms with van der Waals surface area (Å²) in [5.74, 6) is 0.944. The number of aromatic nitrogens is 3. The topological polar surface area (TPSA) is 71.8 Å². The molecule has 1 saturated heterocycles. The number of imidazole rings is 1. The van der Waals surface area contributed by atoms with Gasteiger partial charge in [0.1, 0.15) is 11.6 Å². The van der Waals surface area contributed by atoms with Gasteiger partial charge in [0.25, 0.3) is 0 Å². The van der Waals surface area contributed by atoms with E-state index >= 15 is 0 Å². The van der Waals surface area contributed by atoms with Gasteiger partial charge in [0, 0.05) is 6.54 Å². The minimum Gasteiger partial charge on any atom is -0.447 e. The molecule has 0 spiro atoms. The number of nitrogens with zero attached hydrogens (tertiary/aromatic N) is 4. The average molecular weight is 383 g/mol. The summed E-state index contributed by atoms with van der Waals surface area (Å²) in [5.41, 5.74) is 1.55. The van der Waals surface area contributed by atoms with Crippen molar-refractivity contribution in [3.63, 3.8) is 0 Å². The molecule has 1 fully saturated rings. The third-order valence-electron chi connectivity index (χ3n) is 4.70. The van der Waals surface area contributed by atoms with Crippen molar-refractivity contribution in [2.45, 2.75) is 38.8 Å². The molecule has 1 atom stereocenters. The lowest BCUT2D eigenvalue weighted by molar-refractivity contribution is 0.130. The normalized spacial score (nSPS) is 16.7. The lowest BCUT2D eigenvalue weighted by Crippen LogP contribution is -2.24. The quantitative estimate of drug-likeness (QED) is 0.732. The maximum Gasteiger partial charge on any atom is 0.413 e. The van der Waals surface area contributed by atoms with E-state index in [1.165, 1.54) is 6.07 Å². The van der Waals surface area contributed by atoms with E-state index in [0.717, 1.165) is 30.8 Å². The molecule has 146 valence electrons. The van der Waals surface area contributed by atoms with Crippen LogP contribution < -0.4 is 10.2 Å². The van der Waals surface area contributed by atoms with Gasteiger partial charge >= 0.3 is 6.09 Å². The fourth-order valence-corrected chi connectivity index (χ4v) is 3.55. The summed E-state index contributed by atoms with van der Waals surface area (Å²) >= 11 is 0. The molecule has 3 aromatic rings. The Morgan fingerprint density at radius 3 is 2.96 bits per heavy atom. The van der Waals surface area contributed by atoms with Crippen LogP contribution in [0.25, 0.3) is 5.65 Å². The Morgan fingerprint density at radius 2 is 2.18 bits per heavy atom. The summed E-state index contributed by atoms with van der Waals surface area (Å²) in [7, 11) is 0. The van der Waals surface area contributed by atoms with Gasteiger partial charge in [-0.1, -0.05) is 12.1 Å². The van der Waals surface area contributed by atoms with Crippen LogP contribution in [0.2, 0.25) is 0 Å². The number of fused-ring (bicyclic) bond motifs is 1. The number of carbonyl (C=O) groups excluding carboxylic acids is 1. The zero-order chi connectivity index (χ0) is 19.7. The van der Waals surface area contributed by atoms with E-state index in [9.17, 15) is 9.18 Å². The van der Waals surface area contributed by atoms with Gasteiger partial charge in [-0.3, -0.25) is 5.32 Å². The van der Waals surface area contributed by atoms with Crippen molar-refractivity contribution in [3.8, 4) is 0 Å². The molecule has 3 heterocycles. The van der Waals surface area contributed by atoms with Crippen LogP contribution in [0.1, 0.15) is 38.3 Å². The minimum atomic E-state index is -0.553. The lowest BCUT2D eigenvalue weighted by atomic mass is 10.0. The number of rotatable bonds is 4. The number of hydrogen-bond acceptors (Lipinski definition) is 5. The largest absolute Gasteiger partial charge is 0.447 e. The number of nitrogens with one attached hydrogen (secondary N) is 1. The fourth-order valence-electron chi connectivity index (χ4n) is 3.55. The molecule has 1 aliphatic rings. The first-order valence-electron chi connectivity index (χ1n) is 9.36. The number of carbonyl (C=O) groups is 1. The summed E-state index contributed by atoms with van der Waals surface area (Å²) in [6.07, 6.45) is 2.69. The van der Waals surface area contributed by atoms with Gasteiger partial charge in [0.15, 0.2) is 11.5 Å². The summed E-state index contributed by atoms with van der Waals surface area (Å²) in [6, 6.07) is 10.5. The second kappa shape index (κ2) is 7.46. The number of benzene rings is 1. The second-order valence-corrected chi connectivity index (χ2v) is 7.09. The van der Waals surface area contributed by atoms with Crippen LogP contribution in [0.5, 0.6) is 0 Å². The van der Waals surface area contributed by atoms with Gasteiger partial charge in [-0.2, -0.15) is 4.52 Å². The van der Waals surface area contributed by atoms with Crippen molar-refractivity contribution in [2.24, 2.45) is 0 Å². The van der Waals surface area contributed by atoms with Crippen molar-refractivity contribution in [1.82, 2.24) is 14.6 Å². The SMILES string of the molecule is CC(C)OC(=O)Nc1cnc2ccc(N3CCCC3c3cccc(F)c3)nn12. The molecule has 1 aromatic carbocycles. The van der Waals surface area contributed by atoms with E-state index in [1.54, 1.807) is 36.7 Å². The van der Waals surface area contributed by atoms with Crippen LogP contribution in [-0.2, 0) is 4.74 Å². The minimum absolute atomic E-state index is 0.0616. The van der Waals surface area contributed by atoms with E-state index < -0.39 is 6.09 Å². The molecule has 0 radical (unpaired) electrons. The van der Waals surface area contributed by atoms with Crippen LogP contribution >= 0.6 is 0 Å². The van der Waals surface area contributed by atoms with Crippen molar-refractivity contribution < 1.29 is 13.9 Å². The summed E-state index contributed by atoms with van der Waals surface area (Å²) in [4.78, 5) is 18.4. The maximum atomic E-state index is 13.7. The van der Waals surface area contributed by atoms with Crippen LogP contribution in [0.4, 0.5) is 20.8 Å². The van der Waals surface area contributed by atoms with Gasteiger partial charge in [0.05, 0.1) is 18.3 Å². The number of halogens is 1. The van der Waals surface area contributed by atoms with E-state index in [2.05, 4.69) is 20.3 Å².